The van der Waals surface area contributed by atoms with E-state index in [1.807, 2.05) is 31.2 Å². The van der Waals surface area contributed by atoms with E-state index in [4.69, 9.17) is 4.74 Å². The van der Waals surface area contributed by atoms with Gasteiger partial charge in [-0.15, -0.1) is 0 Å². The van der Waals surface area contributed by atoms with Crippen molar-refractivity contribution in [3.05, 3.63) is 58.8 Å². The van der Waals surface area contributed by atoms with Crippen molar-refractivity contribution in [1.82, 2.24) is 4.98 Å². The van der Waals surface area contributed by atoms with Crippen LogP contribution in [0.15, 0.2) is 53.3 Å². The van der Waals surface area contributed by atoms with Crippen molar-refractivity contribution in [2.75, 3.05) is 0 Å². The van der Waals surface area contributed by atoms with Crippen molar-refractivity contribution in [1.29, 1.82) is 0 Å². The molecule has 0 saturated carbocycles. The quantitative estimate of drug-likeness (QED) is 0.785. The Labute approximate surface area is 120 Å². The van der Waals surface area contributed by atoms with Crippen molar-refractivity contribution in [2.24, 2.45) is 0 Å². The van der Waals surface area contributed by atoms with E-state index in [0.29, 0.717) is 17.7 Å². The van der Waals surface area contributed by atoms with Crippen LogP contribution in [0.1, 0.15) is 23.7 Å². The SMILES string of the molecule is CCC(Oc1ccc(Br)cc1)C(=O)c1cccnc1. The molecule has 1 heterocycles. The second-order valence-electron chi connectivity index (χ2n) is 4.07. The summed E-state index contributed by atoms with van der Waals surface area (Å²) in [6.45, 7) is 1.93. The van der Waals surface area contributed by atoms with Gasteiger partial charge in [0.05, 0.1) is 0 Å². The summed E-state index contributed by atoms with van der Waals surface area (Å²) in [5, 5.41) is 0. The monoisotopic (exact) mass is 319 g/mol. The maximum Gasteiger partial charge on any atom is 0.204 e. The van der Waals surface area contributed by atoms with Crippen LogP contribution in [0.2, 0.25) is 0 Å². The van der Waals surface area contributed by atoms with Gasteiger partial charge < -0.3 is 4.74 Å². The Morgan fingerprint density at radius 1 is 1.32 bits per heavy atom. The van der Waals surface area contributed by atoms with Gasteiger partial charge in [0.15, 0.2) is 6.10 Å². The summed E-state index contributed by atoms with van der Waals surface area (Å²) >= 11 is 3.36. The Hall–Kier alpha value is -1.68. The van der Waals surface area contributed by atoms with Crippen LogP contribution in [0.4, 0.5) is 0 Å². The first-order valence-corrected chi connectivity index (χ1v) is 6.86. The minimum atomic E-state index is -0.481. The van der Waals surface area contributed by atoms with Crippen molar-refractivity contribution >= 4 is 21.7 Å². The van der Waals surface area contributed by atoms with E-state index in [1.165, 1.54) is 0 Å². The average molecular weight is 320 g/mol. The molecule has 1 atom stereocenters. The van der Waals surface area contributed by atoms with E-state index >= 15 is 0 Å². The number of hydrogen-bond acceptors (Lipinski definition) is 3. The summed E-state index contributed by atoms with van der Waals surface area (Å²) in [4.78, 5) is 16.2. The van der Waals surface area contributed by atoms with E-state index in [9.17, 15) is 4.79 Å². The molecule has 0 spiro atoms. The molecule has 2 rings (SSSR count). The van der Waals surface area contributed by atoms with Gasteiger partial charge in [-0.1, -0.05) is 22.9 Å². The topological polar surface area (TPSA) is 39.2 Å². The molecule has 0 saturated heterocycles. The molecule has 0 fully saturated rings. The Kier molecular flexibility index (Phi) is 4.68. The van der Waals surface area contributed by atoms with Gasteiger partial charge in [-0.2, -0.15) is 0 Å². The number of nitrogens with zero attached hydrogens (tertiary/aromatic N) is 1. The second-order valence-corrected chi connectivity index (χ2v) is 4.99. The zero-order valence-electron chi connectivity index (χ0n) is 10.5. The van der Waals surface area contributed by atoms with Crippen molar-refractivity contribution in [2.45, 2.75) is 19.4 Å². The molecule has 19 heavy (non-hydrogen) atoms. The number of ketones is 1. The van der Waals surface area contributed by atoms with Crippen LogP contribution in [0.3, 0.4) is 0 Å². The molecule has 0 aliphatic rings. The summed E-state index contributed by atoms with van der Waals surface area (Å²) in [5.74, 6) is 0.644. The molecular formula is C15H14BrNO2. The minimum Gasteiger partial charge on any atom is -0.482 e. The number of Topliss-reactive ketones (excluding diaryl/α,β-unsaturated/α-hetero) is 1. The normalized spacial score (nSPS) is 11.9. The van der Waals surface area contributed by atoms with Crippen molar-refractivity contribution < 1.29 is 9.53 Å². The van der Waals surface area contributed by atoms with Gasteiger partial charge in [0, 0.05) is 22.4 Å². The Morgan fingerprint density at radius 3 is 2.63 bits per heavy atom. The van der Waals surface area contributed by atoms with E-state index in [-0.39, 0.29) is 5.78 Å². The molecule has 0 aliphatic carbocycles. The van der Waals surface area contributed by atoms with Crippen LogP contribution in [0.25, 0.3) is 0 Å². The standard InChI is InChI=1S/C15H14BrNO2/c1-2-14(15(18)11-4-3-9-17-10-11)19-13-7-5-12(16)6-8-13/h3-10,14H,2H2,1H3. The zero-order chi connectivity index (χ0) is 13.7. The molecule has 4 heteroatoms. The lowest BCUT2D eigenvalue weighted by atomic mass is 10.1. The highest BCUT2D eigenvalue weighted by atomic mass is 79.9. The van der Waals surface area contributed by atoms with Gasteiger partial charge in [-0.3, -0.25) is 9.78 Å². The van der Waals surface area contributed by atoms with Gasteiger partial charge in [0.1, 0.15) is 5.75 Å². The number of ether oxygens (including phenoxy) is 1. The summed E-state index contributed by atoms with van der Waals surface area (Å²) < 4.78 is 6.71. The van der Waals surface area contributed by atoms with Gasteiger partial charge >= 0.3 is 0 Å². The number of aromatic nitrogens is 1. The summed E-state index contributed by atoms with van der Waals surface area (Å²) in [5.41, 5.74) is 0.575. The van der Waals surface area contributed by atoms with Gasteiger partial charge in [0.25, 0.3) is 0 Å². The number of hydrogen-bond donors (Lipinski definition) is 0. The number of carbonyl (C=O) groups excluding carboxylic acids is 1. The number of rotatable bonds is 5. The smallest absolute Gasteiger partial charge is 0.204 e. The van der Waals surface area contributed by atoms with Gasteiger partial charge in [-0.25, -0.2) is 0 Å². The highest BCUT2D eigenvalue weighted by Crippen LogP contribution is 2.19. The summed E-state index contributed by atoms with van der Waals surface area (Å²) in [6, 6.07) is 10.9. The molecule has 0 N–H and O–H groups in total. The number of carbonyl (C=O) groups is 1. The van der Waals surface area contributed by atoms with Crippen LogP contribution < -0.4 is 4.74 Å². The van der Waals surface area contributed by atoms with Crippen molar-refractivity contribution in [3.8, 4) is 5.75 Å². The number of pyridine rings is 1. The zero-order valence-corrected chi connectivity index (χ0v) is 12.1. The van der Waals surface area contributed by atoms with Crippen LogP contribution in [0.5, 0.6) is 5.75 Å². The fraction of sp³-hybridized carbons (Fsp3) is 0.200. The lowest BCUT2D eigenvalue weighted by Crippen LogP contribution is -2.26. The van der Waals surface area contributed by atoms with Crippen LogP contribution >= 0.6 is 15.9 Å². The van der Waals surface area contributed by atoms with E-state index < -0.39 is 6.10 Å². The first-order valence-electron chi connectivity index (χ1n) is 6.07. The van der Waals surface area contributed by atoms with Crippen LogP contribution in [0, 0.1) is 0 Å². The molecule has 0 radical (unpaired) electrons. The largest absolute Gasteiger partial charge is 0.482 e. The summed E-state index contributed by atoms with van der Waals surface area (Å²) in [6.07, 6.45) is 3.35. The predicted molar refractivity (Wildman–Crippen MR) is 77.4 cm³/mol. The Balaban J connectivity index is 2.12. The molecule has 0 amide bonds. The predicted octanol–water partition coefficient (Wildman–Crippen LogP) is 3.88. The van der Waals surface area contributed by atoms with Gasteiger partial charge in [0.2, 0.25) is 5.78 Å². The average Bonchev–Trinajstić information content (AvgIpc) is 2.47. The first kappa shape index (κ1) is 13.7. The van der Waals surface area contributed by atoms with Gasteiger partial charge in [-0.05, 0) is 42.8 Å². The number of benzene rings is 1. The summed E-state index contributed by atoms with van der Waals surface area (Å²) in [7, 11) is 0. The third-order valence-corrected chi connectivity index (χ3v) is 3.23. The number of halogens is 1. The van der Waals surface area contributed by atoms with Crippen LogP contribution in [-0.2, 0) is 0 Å². The molecule has 1 aromatic carbocycles. The maximum atomic E-state index is 12.3. The maximum absolute atomic E-state index is 12.3. The Bertz CT molecular complexity index is 540. The highest BCUT2D eigenvalue weighted by molar-refractivity contribution is 9.10. The lowest BCUT2D eigenvalue weighted by molar-refractivity contribution is 0.0786. The molecule has 0 aliphatic heterocycles. The minimum absolute atomic E-state index is 0.0430. The highest BCUT2D eigenvalue weighted by Gasteiger charge is 2.20. The molecule has 3 nitrogen and oxygen atoms in total. The molecule has 98 valence electrons. The Morgan fingerprint density at radius 2 is 2.05 bits per heavy atom. The molecule has 1 aromatic heterocycles. The molecule has 2 aromatic rings. The molecular weight excluding hydrogens is 306 g/mol. The first-order chi connectivity index (χ1) is 9.20. The molecule has 0 bridgehead atoms. The fourth-order valence-corrected chi connectivity index (χ4v) is 1.96. The van der Waals surface area contributed by atoms with Crippen molar-refractivity contribution in [3.63, 3.8) is 0 Å². The van der Waals surface area contributed by atoms with E-state index in [1.54, 1.807) is 24.5 Å². The molecule has 1 unspecified atom stereocenters. The van der Waals surface area contributed by atoms with E-state index in [2.05, 4.69) is 20.9 Å². The van der Waals surface area contributed by atoms with Crippen LogP contribution in [-0.4, -0.2) is 16.9 Å². The second kappa shape index (κ2) is 6.48. The third-order valence-electron chi connectivity index (χ3n) is 2.70. The lowest BCUT2D eigenvalue weighted by Gasteiger charge is -2.16. The fourth-order valence-electron chi connectivity index (χ4n) is 1.69. The van der Waals surface area contributed by atoms with E-state index in [0.717, 1.165) is 4.47 Å². The third kappa shape index (κ3) is 3.64.